The number of benzene rings is 1. The summed E-state index contributed by atoms with van der Waals surface area (Å²) in [5, 5.41) is 9.10. The minimum absolute atomic E-state index is 0.0234. The molecular formula is C28H43NO5. The van der Waals surface area contributed by atoms with E-state index in [2.05, 4.69) is 27.7 Å². The number of esters is 1. The maximum atomic E-state index is 12.1. The maximum Gasteiger partial charge on any atom is 0.310 e. The fourth-order valence-corrected chi connectivity index (χ4v) is 4.62. The number of hydrogen-bond donors (Lipinski definition) is 1. The Morgan fingerprint density at radius 1 is 0.941 bits per heavy atom. The van der Waals surface area contributed by atoms with Crippen molar-refractivity contribution in [2.75, 3.05) is 13.2 Å². The van der Waals surface area contributed by atoms with Gasteiger partial charge in [0.1, 0.15) is 5.75 Å². The Labute approximate surface area is 205 Å². The molecule has 34 heavy (non-hydrogen) atoms. The molecule has 0 bridgehead atoms. The topological polar surface area (TPSA) is 83.9 Å². The molecule has 0 radical (unpaired) electrons. The Hall–Kier alpha value is -2.37. The van der Waals surface area contributed by atoms with Crippen LogP contribution in [0.25, 0.3) is 0 Å². The van der Waals surface area contributed by atoms with Crippen LogP contribution < -0.4 is 0 Å². The number of phenolic OH excluding ortho intramolecular Hbond substituents is 1. The smallest absolute Gasteiger partial charge is 0.310 e. The van der Waals surface area contributed by atoms with Crippen molar-refractivity contribution in [3.05, 3.63) is 29.8 Å². The lowest BCUT2D eigenvalue weighted by Gasteiger charge is -2.19. The highest BCUT2D eigenvalue weighted by atomic mass is 16.5. The first-order chi connectivity index (χ1) is 16.2. The molecule has 0 aromatic heterocycles. The molecule has 2 aliphatic rings. The lowest BCUT2D eigenvalue weighted by Crippen LogP contribution is -2.32. The van der Waals surface area contributed by atoms with Gasteiger partial charge in [-0.15, -0.1) is 0 Å². The number of imide groups is 1. The highest BCUT2D eigenvalue weighted by molar-refractivity contribution is 6.05. The number of fused-ring (bicyclic) bond motifs is 1. The first kappa shape index (κ1) is 27.9. The van der Waals surface area contributed by atoms with E-state index < -0.39 is 0 Å². The Balaban J connectivity index is 0.000000240. The second-order valence-electron chi connectivity index (χ2n) is 10.5. The van der Waals surface area contributed by atoms with E-state index in [9.17, 15) is 14.4 Å². The van der Waals surface area contributed by atoms with Crippen molar-refractivity contribution in [3.63, 3.8) is 0 Å². The molecule has 2 atom stereocenters. The van der Waals surface area contributed by atoms with Crippen LogP contribution in [0.4, 0.5) is 0 Å². The first-order valence-electron chi connectivity index (χ1n) is 13.0. The lowest BCUT2D eigenvalue weighted by molar-refractivity contribution is -0.143. The quantitative estimate of drug-likeness (QED) is 0.275. The summed E-state index contributed by atoms with van der Waals surface area (Å²) in [6.07, 6.45) is 8.38. The maximum absolute atomic E-state index is 12.1. The summed E-state index contributed by atoms with van der Waals surface area (Å²) in [5.74, 6) is 1.56. The van der Waals surface area contributed by atoms with E-state index in [0.29, 0.717) is 25.0 Å². The molecule has 190 valence electrons. The number of ether oxygens (including phenoxy) is 1. The van der Waals surface area contributed by atoms with E-state index in [0.717, 1.165) is 56.9 Å². The van der Waals surface area contributed by atoms with Gasteiger partial charge < -0.3 is 9.84 Å². The highest BCUT2D eigenvalue weighted by Gasteiger charge is 2.47. The van der Waals surface area contributed by atoms with Crippen molar-refractivity contribution in [1.29, 1.82) is 0 Å². The molecule has 3 rings (SSSR count). The molecule has 1 saturated heterocycles. The molecular weight excluding hydrogens is 430 g/mol. The predicted octanol–water partition coefficient (Wildman–Crippen LogP) is 5.51. The van der Waals surface area contributed by atoms with Crippen molar-refractivity contribution in [1.82, 2.24) is 4.90 Å². The zero-order chi connectivity index (χ0) is 25.1. The number of hydrogen-bond acceptors (Lipinski definition) is 5. The van der Waals surface area contributed by atoms with Gasteiger partial charge in [-0.1, -0.05) is 52.7 Å². The Kier molecular flexibility index (Phi) is 11.6. The van der Waals surface area contributed by atoms with Gasteiger partial charge in [-0.2, -0.15) is 0 Å². The summed E-state index contributed by atoms with van der Waals surface area (Å²) in [6, 6.07) is 6.60. The van der Waals surface area contributed by atoms with Crippen molar-refractivity contribution in [2.24, 2.45) is 23.7 Å². The summed E-state index contributed by atoms with van der Waals surface area (Å²) in [7, 11) is 0. The second-order valence-corrected chi connectivity index (χ2v) is 10.5. The van der Waals surface area contributed by atoms with Crippen LogP contribution in [-0.4, -0.2) is 40.9 Å². The number of rotatable bonds is 10. The van der Waals surface area contributed by atoms with Crippen molar-refractivity contribution in [2.45, 2.75) is 85.5 Å². The van der Waals surface area contributed by atoms with Gasteiger partial charge in [0.05, 0.1) is 24.9 Å². The van der Waals surface area contributed by atoms with Crippen LogP contribution in [0.3, 0.4) is 0 Å². The van der Waals surface area contributed by atoms with Gasteiger partial charge in [0.15, 0.2) is 0 Å². The summed E-state index contributed by atoms with van der Waals surface area (Å²) >= 11 is 0. The Morgan fingerprint density at radius 3 is 2.00 bits per heavy atom. The van der Waals surface area contributed by atoms with E-state index >= 15 is 0 Å². The van der Waals surface area contributed by atoms with E-state index in [4.69, 9.17) is 9.84 Å². The molecule has 1 saturated carbocycles. The number of amides is 2. The average Bonchev–Trinajstić information content (AvgIpc) is 3.03. The molecule has 1 heterocycles. The van der Waals surface area contributed by atoms with Gasteiger partial charge in [0.2, 0.25) is 11.8 Å². The van der Waals surface area contributed by atoms with Crippen LogP contribution in [0.5, 0.6) is 5.75 Å². The third kappa shape index (κ3) is 9.11. The molecule has 1 aliphatic heterocycles. The largest absolute Gasteiger partial charge is 0.508 e. The molecule has 1 aromatic rings. The fourth-order valence-electron chi connectivity index (χ4n) is 4.62. The van der Waals surface area contributed by atoms with Crippen LogP contribution in [0, 0.1) is 23.7 Å². The molecule has 2 fully saturated rings. The molecule has 0 spiro atoms. The Morgan fingerprint density at radius 2 is 1.47 bits per heavy atom. The molecule has 1 aliphatic carbocycles. The third-order valence-corrected chi connectivity index (χ3v) is 6.57. The van der Waals surface area contributed by atoms with Gasteiger partial charge in [0.25, 0.3) is 0 Å². The minimum atomic E-state index is -0.209. The number of carbonyl (C=O) groups is 3. The number of carbonyl (C=O) groups excluding carboxylic acids is 3. The number of likely N-dealkylation sites (tertiary alicyclic amines) is 1. The summed E-state index contributed by atoms with van der Waals surface area (Å²) in [4.78, 5) is 37.3. The zero-order valence-corrected chi connectivity index (χ0v) is 21.4. The van der Waals surface area contributed by atoms with Gasteiger partial charge in [-0.25, -0.2) is 0 Å². The third-order valence-electron chi connectivity index (χ3n) is 6.57. The SMILES string of the molecule is CC(C)CCCN1C(=O)C2CCCCC2C1=O.CC(C)CCCOC(=O)Cc1ccc(O)cc1. The number of phenols is 1. The van der Waals surface area contributed by atoms with E-state index in [1.54, 1.807) is 29.2 Å². The van der Waals surface area contributed by atoms with E-state index in [-0.39, 0.29) is 41.8 Å². The van der Waals surface area contributed by atoms with Gasteiger partial charge in [-0.05, 0) is 68.1 Å². The van der Waals surface area contributed by atoms with Crippen molar-refractivity contribution < 1.29 is 24.2 Å². The van der Waals surface area contributed by atoms with Crippen molar-refractivity contribution in [3.8, 4) is 5.75 Å². The summed E-state index contributed by atoms with van der Waals surface area (Å²) < 4.78 is 5.13. The van der Waals surface area contributed by atoms with Gasteiger partial charge >= 0.3 is 5.97 Å². The summed E-state index contributed by atoms with van der Waals surface area (Å²) in [6.45, 7) is 9.79. The molecule has 6 heteroatoms. The fraction of sp³-hybridized carbons (Fsp3) is 0.679. The first-order valence-corrected chi connectivity index (χ1v) is 13.0. The molecule has 1 aromatic carbocycles. The monoisotopic (exact) mass is 473 g/mol. The predicted molar refractivity (Wildman–Crippen MR) is 133 cm³/mol. The van der Waals surface area contributed by atoms with Gasteiger partial charge in [-0.3, -0.25) is 19.3 Å². The molecule has 2 amide bonds. The van der Waals surface area contributed by atoms with Gasteiger partial charge in [0, 0.05) is 6.54 Å². The van der Waals surface area contributed by atoms with Crippen LogP contribution in [0.2, 0.25) is 0 Å². The molecule has 2 unspecified atom stereocenters. The summed E-state index contributed by atoms with van der Waals surface area (Å²) in [5.41, 5.74) is 0.858. The van der Waals surface area contributed by atoms with Crippen LogP contribution >= 0.6 is 0 Å². The Bertz CT molecular complexity index is 762. The van der Waals surface area contributed by atoms with Crippen molar-refractivity contribution >= 4 is 17.8 Å². The standard InChI is InChI=1S/C14H23NO2.C14H20O3/c1-10(2)6-5-9-15-13(16)11-7-3-4-8-12(11)14(15)17;1-11(2)4-3-9-17-14(16)10-12-5-7-13(15)8-6-12/h10-12H,3-9H2,1-2H3;5-8,11,15H,3-4,9-10H2,1-2H3. The lowest BCUT2D eigenvalue weighted by atomic mass is 9.81. The van der Waals surface area contributed by atoms with E-state index in [1.165, 1.54) is 0 Å². The van der Waals surface area contributed by atoms with E-state index in [1.807, 2.05) is 0 Å². The number of aromatic hydroxyl groups is 1. The van der Waals surface area contributed by atoms with Crippen LogP contribution in [0.1, 0.15) is 84.6 Å². The molecule has 6 nitrogen and oxygen atoms in total. The van der Waals surface area contributed by atoms with Crippen LogP contribution in [-0.2, 0) is 25.5 Å². The highest BCUT2D eigenvalue weighted by Crippen LogP contribution is 2.38. The average molecular weight is 474 g/mol. The second kappa shape index (κ2) is 14.1. The molecule has 1 N–H and O–H groups in total. The zero-order valence-electron chi connectivity index (χ0n) is 21.4. The normalized spacial score (nSPS) is 19.8. The van der Waals surface area contributed by atoms with Crippen LogP contribution in [0.15, 0.2) is 24.3 Å². The minimum Gasteiger partial charge on any atom is -0.508 e. The number of nitrogens with zero attached hydrogens (tertiary/aromatic N) is 1.